The third-order valence-corrected chi connectivity index (χ3v) is 3.88. The van der Waals surface area contributed by atoms with E-state index in [0.29, 0.717) is 6.04 Å². The van der Waals surface area contributed by atoms with Gasteiger partial charge in [0.25, 0.3) is 0 Å². The second-order valence-corrected chi connectivity index (χ2v) is 4.61. The summed E-state index contributed by atoms with van der Waals surface area (Å²) in [4.78, 5) is 2.52. The first-order chi connectivity index (χ1) is 7.69. The van der Waals surface area contributed by atoms with Gasteiger partial charge in [-0.3, -0.25) is 4.90 Å². The summed E-state index contributed by atoms with van der Waals surface area (Å²) in [5.41, 5.74) is 0.147. The van der Waals surface area contributed by atoms with E-state index in [9.17, 15) is 0 Å². The second kappa shape index (κ2) is 6.55. The molecule has 1 aliphatic rings. The monoisotopic (exact) mass is 230 g/mol. The van der Waals surface area contributed by atoms with Gasteiger partial charge in [0.1, 0.15) is 0 Å². The number of hydrogen-bond donors (Lipinski definition) is 1. The molecule has 0 radical (unpaired) electrons. The minimum atomic E-state index is 0.147. The molecule has 0 aromatic carbocycles. The Morgan fingerprint density at radius 3 is 2.50 bits per heavy atom. The zero-order valence-corrected chi connectivity index (χ0v) is 11.1. The van der Waals surface area contributed by atoms with Crippen molar-refractivity contribution < 1.29 is 9.47 Å². The molecule has 96 valence electrons. The Hall–Kier alpha value is -0.160. The van der Waals surface area contributed by atoms with Crippen LogP contribution in [0.5, 0.6) is 0 Å². The molecule has 1 heterocycles. The Kier molecular flexibility index (Phi) is 5.69. The van der Waals surface area contributed by atoms with Crippen LogP contribution in [0.2, 0.25) is 0 Å². The first-order valence-corrected chi connectivity index (χ1v) is 6.18. The Morgan fingerprint density at radius 1 is 1.44 bits per heavy atom. The Morgan fingerprint density at radius 2 is 2.06 bits per heavy atom. The van der Waals surface area contributed by atoms with Crippen molar-refractivity contribution in [3.63, 3.8) is 0 Å². The highest BCUT2D eigenvalue weighted by molar-refractivity contribution is 4.96. The van der Waals surface area contributed by atoms with E-state index >= 15 is 0 Å². The molecule has 0 bridgehead atoms. The van der Waals surface area contributed by atoms with Gasteiger partial charge in [-0.2, -0.15) is 0 Å². The third-order valence-electron chi connectivity index (χ3n) is 3.88. The molecule has 1 fully saturated rings. The number of nitrogens with one attached hydrogen (secondary N) is 1. The molecule has 0 spiro atoms. The van der Waals surface area contributed by atoms with Crippen LogP contribution >= 0.6 is 0 Å². The molecule has 0 aromatic heterocycles. The maximum Gasteiger partial charge on any atom is 0.0633 e. The van der Waals surface area contributed by atoms with Crippen LogP contribution in [0.1, 0.15) is 20.3 Å². The summed E-state index contributed by atoms with van der Waals surface area (Å²) < 4.78 is 10.7. The molecule has 1 rings (SSSR count). The minimum absolute atomic E-state index is 0.147. The summed E-state index contributed by atoms with van der Waals surface area (Å²) >= 11 is 0. The molecule has 0 amide bonds. The first-order valence-electron chi connectivity index (χ1n) is 6.18. The molecule has 0 aromatic rings. The van der Waals surface area contributed by atoms with Crippen molar-refractivity contribution in [3.05, 3.63) is 0 Å². The molecule has 2 atom stereocenters. The van der Waals surface area contributed by atoms with Crippen LogP contribution in [0.25, 0.3) is 0 Å². The van der Waals surface area contributed by atoms with Gasteiger partial charge >= 0.3 is 0 Å². The lowest BCUT2D eigenvalue weighted by atomic mass is 9.87. The van der Waals surface area contributed by atoms with Crippen LogP contribution in [0.4, 0.5) is 0 Å². The smallest absolute Gasteiger partial charge is 0.0633 e. The van der Waals surface area contributed by atoms with E-state index in [1.165, 1.54) is 0 Å². The number of ether oxygens (including phenoxy) is 2. The van der Waals surface area contributed by atoms with E-state index in [0.717, 1.165) is 39.3 Å². The van der Waals surface area contributed by atoms with Crippen molar-refractivity contribution in [1.29, 1.82) is 0 Å². The minimum Gasteiger partial charge on any atom is -0.383 e. The predicted octanol–water partition coefficient (Wildman–Crippen LogP) is 0.722. The number of likely N-dealkylation sites (N-methyl/N-ethyl adjacent to an activating group) is 1. The summed E-state index contributed by atoms with van der Waals surface area (Å²) in [6, 6.07) is 0.362. The molecule has 4 nitrogen and oxygen atoms in total. The van der Waals surface area contributed by atoms with Crippen molar-refractivity contribution in [1.82, 2.24) is 10.2 Å². The SMILES string of the molecule is CCC(C)(C(COC)NC)N1CCOCC1. The Bertz CT molecular complexity index is 189. The summed E-state index contributed by atoms with van der Waals surface area (Å²) in [6.45, 7) is 9.04. The van der Waals surface area contributed by atoms with E-state index in [1.807, 2.05) is 7.05 Å². The quantitative estimate of drug-likeness (QED) is 0.729. The normalized spacial score (nSPS) is 24.0. The van der Waals surface area contributed by atoms with E-state index in [-0.39, 0.29) is 5.54 Å². The maximum absolute atomic E-state index is 5.42. The number of nitrogens with zero attached hydrogens (tertiary/aromatic N) is 1. The van der Waals surface area contributed by atoms with Gasteiger partial charge in [-0.15, -0.1) is 0 Å². The van der Waals surface area contributed by atoms with Crippen LogP contribution in [0.3, 0.4) is 0 Å². The molecule has 0 saturated carbocycles. The van der Waals surface area contributed by atoms with Crippen molar-refractivity contribution in [3.8, 4) is 0 Å². The topological polar surface area (TPSA) is 33.7 Å². The van der Waals surface area contributed by atoms with Crippen LogP contribution in [-0.4, -0.2) is 63.5 Å². The van der Waals surface area contributed by atoms with Gasteiger partial charge in [0.2, 0.25) is 0 Å². The molecule has 1 saturated heterocycles. The number of hydrogen-bond acceptors (Lipinski definition) is 4. The summed E-state index contributed by atoms with van der Waals surface area (Å²) in [5.74, 6) is 0. The lowest BCUT2D eigenvalue weighted by Crippen LogP contribution is -2.62. The van der Waals surface area contributed by atoms with Gasteiger partial charge in [0.05, 0.1) is 19.8 Å². The molecule has 1 N–H and O–H groups in total. The van der Waals surface area contributed by atoms with E-state index < -0.39 is 0 Å². The fourth-order valence-corrected chi connectivity index (χ4v) is 2.51. The van der Waals surface area contributed by atoms with Gasteiger partial charge in [-0.1, -0.05) is 6.92 Å². The number of morpholine rings is 1. The van der Waals surface area contributed by atoms with Crippen molar-refractivity contribution in [2.45, 2.75) is 31.8 Å². The first kappa shape index (κ1) is 13.9. The van der Waals surface area contributed by atoms with E-state index in [4.69, 9.17) is 9.47 Å². The summed E-state index contributed by atoms with van der Waals surface area (Å²) in [7, 11) is 3.78. The molecular weight excluding hydrogens is 204 g/mol. The fourth-order valence-electron chi connectivity index (χ4n) is 2.51. The molecule has 1 aliphatic heterocycles. The number of rotatable bonds is 6. The number of methoxy groups -OCH3 is 1. The van der Waals surface area contributed by atoms with Crippen molar-refractivity contribution in [2.24, 2.45) is 0 Å². The standard InChI is InChI=1S/C12H26N2O2/c1-5-12(2,11(13-3)10-15-4)14-6-8-16-9-7-14/h11,13H,5-10H2,1-4H3. The van der Waals surface area contributed by atoms with Gasteiger partial charge < -0.3 is 14.8 Å². The molecular formula is C12H26N2O2. The van der Waals surface area contributed by atoms with Gasteiger partial charge in [-0.05, 0) is 20.4 Å². The van der Waals surface area contributed by atoms with E-state index in [1.54, 1.807) is 7.11 Å². The zero-order chi connectivity index (χ0) is 12.0. The zero-order valence-electron chi connectivity index (χ0n) is 11.1. The van der Waals surface area contributed by atoms with Gasteiger partial charge in [-0.25, -0.2) is 0 Å². The average Bonchev–Trinajstić information content (AvgIpc) is 2.36. The van der Waals surface area contributed by atoms with Crippen molar-refractivity contribution in [2.75, 3.05) is 47.1 Å². The van der Waals surface area contributed by atoms with Crippen LogP contribution in [-0.2, 0) is 9.47 Å². The maximum atomic E-state index is 5.42. The highest BCUT2D eigenvalue weighted by atomic mass is 16.5. The molecule has 4 heteroatoms. The lowest BCUT2D eigenvalue weighted by molar-refractivity contribution is -0.0417. The highest BCUT2D eigenvalue weighted by Crippen LogP contribution is 2.25. The predicted molar refractivity (Wildman–Crippen MR) is 65.8 cm³/mol. The highest BCUT2D eigenvalue weighted by Gasteiger charge is 2.38. The van der Waals surface area contributed by atoms with Crippen LogP contribution in [0, 0.1) is 0 Å². The fraction of sp³-hybridized carbons (Fsp3) is 1.00. The van der Waals surface area contributed by atoms with Crippen LogP contribution in [0.15, 0.2) is 0 Å². The second-order valence-electron chi connectivity index (χ2n) is 4.61. The van der Waals surface area contributed by atoms with E-state index in [2.05, 4.69) is 24.1 Å². The summed E-state index contributed by atoms with van der Waals surface area (Å²) in [5, 5.41) is 3.38. The Balaban J connectivity index is 2.71. The summed E-state index contributed by atoms with van der Waals surface area (Å²) in [6.07, 6.45) is 1.11. The molecule has 0 aliphatic carbocycles. The van der Waals surface area contributed by atoms with Gasteiger partial charge in [0.15, 0.2) is 0 Å². The van der Waals surface area contributed by atoms with Crippen LogP contribution < -0.4 is 5.32 Å². The third kappa shape index (κ3) is 2.94. The largest absolute Gasteiger partial charge is 0.383 e. The van der Waals surface area contributed by atoms with Gasteiger partial charge in [0, 0.05) is 31.8 Å². The lowest BCUT2D eigenvalue weighted by Gasteiger charge is -2.47. The van der Waals surface area contributed by atoms with Crippen molar-refractivity contribution >= 4 is 0 Å². The Labute approximate surface area is 99.3 Å². The average molecular weight is 230 g/mol. The molecule has 16 heavy (non-hydrogen) atoms. The molecule has 2 unspecified atom stereocenters.